The summed E-state index contributed by atoms with van der Waals surface area (Å²) in [5.41, 5.74) is 0. The van der Waals surface area contributed by atoms with E-state index in [0.717, 1.165) is 16.6 Å². The zero-order valence-electron chi connectivity index (χ0n) is 9.96. The molecule has 4 heteroatoms. The molecule has 0 saturated carbocycles. The zero-order chi connectivity index (χ0) is 11.8. The highest BCUT2D eigenvalue weighted by Crippen LogP contribution is 2.29. The molecule has 1 unspecified atom stereocenters. The maximum atomic E-state index is 5.98. The van der Waals surface area contributed by atoms with Gasteiger partial charge in [-0.2, -0.15) is 11.8 Å². The molecule has 0 amide bonds. The van der Waals surface area contributed by atoms with Crippen LogP contribution in [-0.4, -0.2) is 18.1 Å². The molecule has 0 aromatic carbocycles. The summed E-state index contributed by atoms with van der Waals surface area (Å²) in [6, 6.07) is 4.61. The van der Waals surface area contributed by atoms with Gasteiger partial charge in [-0.3, -0.25) is 0 Å². The van der Waals surface area contributed by atoms with Gasteiger partial charge in [0.05, 0.1) is 10.4 Å². The quantitative estimate of drug-likeness (QED) is 0.698. The van der Waals surface area contributed by atoms with Crippen LogP contribution in [0.5, 0.6) is 0 Å². The number of rotatable bonds is 8. The van der Waals surface area contributed by atoms with E-state index < -0.39 is 0 Å². The SMILES string of the molecule is CCCNC(CSCCC)c1ccc(Cl)s1. The van der Waals surface area contributed by atoms with E-state index in [0.29, 0.717) is 6.04 Å². The van der Waals surface area contributed by atoms with Crippen LogP contribution in [0.1, 0.15) is 37.6 Å². The van der Waals surface area contributed by atoms with E-state index in [1.165, 1.54) is 23.5 Å². The summed E-state index contributed by atoms with van der Waals surface area (Å²) < 4.78 is 0.888. The summed E-state index contributed by atoms with van der Waals surface area (Å²) in [4.78, 5) is 1.36. The summed E-state index contributed by atoms with van der Waals surface area (Å²) in [5, 5.41) is 3.59. The second-order valence-electron chi connectivity index (χ2n) is 3.72. The van der Waals surface area contributed by atoms with E-state index in [2.05, 4.69) is 25.2 Å². The van der Waals surface area contributed by atoms with E-state index in [1.54, 1.807) is 11.3 Å². The topological polar surface area (TPSA) is 12.0 Å². The van der Waals surface area contributed by atoms with Crippen LogP contribution in [0.25, 0.3) is 0 Å². The summed E-state index contributed by atoms with van der Waals surface area (Å²) in [6.45, 7) is 5.50. The molecule has 0 aliphatic carbocycles. The molecular formula is C12H20ClNS2. The zero-order valence-corrected chi connectivity index (χ0v) is 12.4. The Kier molecular flexibility index (Phi) is 7.54. The van der Waals surface area contributed by atoms with Crippen molar-refractivity contribution in [2.24, 2.45) is 0 Å². The highest BCUT2D eigenvalue weighted by atomic mass is 35.5. The fraction of sp³-hybridized carbons (Fsp3) is 0.667. The third-order valence-corrected chi connectivity index (χ3v) is 4.82. The fourth-order valence-electron chi connectivity index (χ4n) is 1.42. The molecule has 0 fully saturated rings. The molecule has 0 spiro atoms. The van der Waals surface area contributed by atoms with Crippen molar-refractivity contribution >= 4 is 34.7 Å². The lowest BCUT2D eigenvalue weighted by Gasteiger charge is -2.16. The molecule has 92 valence electrons. The average Bonchev–Trinajstić information content (AvgIpc) is 2.70. The molecule has 16 heavy (non-hydrogen) atoms. The second kappa shape index (κ2) is 8.40. The summed E-state index contributed by atoms with van der Waals surface area (Å²) in [5.74, 6) is 2.38. The Morgan fingerprint density at radius 3 is 2.75 bits per heavy atom. The standard InChI is InChI=1S/C12H20ClNS2/c1-3-7-14-10(9-15-8-4-2)11-5-6-12(13)16-11/h5-6,10,14H,3-4,7-9H2,1-2H3. The molecule has 1 nitrogen and oxygen atoms in total. The molecule has 0 saturated heterocycles. The van der Waals surface area contributed by atoms with Crippen LogP contribution in [0.4, 0.5) is 0 Å². The van der Waals surface area contributed by atoms with Crippen molar-refractivity contribution in [2.45, 2.75) is 32.7 Å². The molecular weight excluding hydrogens is 258 g/mol. The van der Waals surface area contributed by atoms with Crippen molar-refractivity contribution in [2.75, 3.05) is 18.1 Å². The first-order valence-corrected chi connectivity index (χ1v) is 8.19. The molecule has 1 rings (SSSR count). The molecule has 0 bridgehead atoms. The van der Waals surface area contributed by atoms with Gasteiger partial charge in [-0.15, -0.1) is 11.3 Å². The third-order valence-electron chi connectivity index (χ3n) is 2.21. The molecule has 1 heterocycles. The van der Waals surface area contributed by atoms with Crippen molar-refractivity contribution in [3.05, 3.63) is 21.3 Å². The van der Waals surface area contributed by atoms with E-state index in [-0.39, 0.29) is 0 Å². The fourth-order valence-corrected chi connectivity index (χ4v) is 3.65. The molecule has 0 aliphatic rings. The Bertz CT molecular complexity index is 288. The Balaban J connectivity index is 2.49. The minimum atomic E-state index is 0.467. The number of thioether (sulfide) groups is 1. The van der Waals surface area contributed by atoms with Crippen LogP contribution in [0.15, 0.2) is 12.1 Å². The van der Waals surface area contributed by atoms with Crippen LogP contribution in [-0.2, 0) is 0 Å². The van der Waals surface area contributed by atoms with Crippen LogP contribution in [0.3, 0.4) is 0 Å². The molecule has 0 radical (unpaired) electrons. The maximum absolute atomic E-state index is 5.98. The average molecular weight is 278 g/mol. The van der Waals surface area contributed by atoms with Crippen LogP contribution < -0.4 is 5.32 Å². The maximum Gasteiger partial charge on any atom is 0.0931 e. The van der Waals surface area contributed by atoms with Gasteiger partial charge < -0.3 is 5.32 Å². The summed E-state index contributed by atoms with van der Waals surface area (Å²) >= 11 is 9.69. The first-order chi connectivity index (χ1) is 7.77. The van der Waals surface area contributed by atoms with Gasteiger partial charge in [-0.05, 0) is 37.3 Å². The van der Waals surface area contributed by atoms with Gasteiger partial charge in [0, 0.05) is 10.6 Å². The minimum Gasteiger partial charge on any atom is -0.309 e. The Morgan fingerprint density at radius 1 is 1.38 bits per heavy atom. The number of nitrogens with one attached hydrogen (secondary N) is 1. The van der Waals surface area contributed by atoms with E-state index in [4.69, 9.17) is 11.6 Å². The van der Waals surface area contributed by atoms with Gasteiger partial charge in [-0.1, -0.05) is 25.4 Å². The largest absolute Gasteiger partial charge is 0.309 e. The predicted molar refractivity (Wildman–Crippen MR) is 78.0 cm³/mol. The van der Waals surface area contributed by atoms with Crippen molar-refractivity contribution in [1.29, 1.82) is 0 Å². The van der Waals surface area contributed by atoms with Gasteiger partial charge >= 0.3 is 0 Å². The Hall–Kier alpha value is 0.300. The smallest absolute Gasteiger partial charge is 0.0931 e. The lowest BCUT2D eigenvalue weighted by Crippen LogP contribution is -2.23. The molecule has 1 aromatic heterocycles. The lowest BCUT2D eigenvalue weighted by molar-refractivity contribution is 0.585. The molecule has 1 N–H and O–H groups in total. The van der Waals surface area contributed by atoms with E-state index >= 15 is 0 Å². The van der Waals surface area contributed by atoms with E-state index in [1.807, 2.05) is 17.8 Å². The monoisotopic (exact) mass is 277 g/mol. The number of hydrogen-bond donors (Lipinski definition) is 1. The van der Waals surface area contributed by atoms with Gasteiger partial charge in [0.2, 0.25) is 0 Å². The summed E-state index contributed by atoms with van der Waals surface area (Å²) in [7, 11) is 0. The molecule has 0 aliphatic heterocycles. The van der Waals surface area contributed by atoms with Crippen molar-refractivity contribution in [3.63, 3.8) is 0 Å². The van der Waals surface area contributed by atoms with Crippen LogP contribution in [0.2, 0.25) is 4.34 Å². The summed E-state index contributed by atoms with van der Waals surface area (Å²) in [6.07, 6.45) is 2.42. The Labute approximate surface area is 112 Å². The third kappa shape index (κ3) is 5.09. The van der Waals surface area contributed by atoms with Gasteiger partial charge in [-0.25, -0.2) is 0 Å². The molecule has 1 atom stereocenters. The van der Waals surface area contributed by atoms with Crippen molar-refractivity contribution in [3.8, 4) is 0 Å². The van der Waals surface area contributed by atoms with Crippen molar-refractivity contribution < 1.29 is 0 Å². The second-order valence-corrected chi connectivity index (χ2v) is 6.62. The first-order valence-electron chi connectivity index (χ1n) is 5.84. The highest BCUT2D eigenvalue weighted by Gasteiger charge is 2.12. The van der Waals surface area contributed by atoms with Gasteiger partial charge in [0.15, 0.2) is 0 Å². The van der Waals surface area contributed by atoms with Gasteiger partial charge in [0.25, 0.3) is 0 Å². The Morgan fingerprint density at radius 2 is 2.19 bits per heavy atom. The predicted octanol–water partition coefficient (Wildman–Crippen LogP) is 4.59. The van der Waals surface area contributed by atoms with Gasteiger partial charge in [0.1, 0.15) is 0 Å². The number of halogens is 1. The first kappa shape index (κ1) is 14.4. The van der Waals surface area contributed by atoms with Crippen LogP contribution in [0, 0.1) is 0 Å². The molecule has 1 aromatic rings. The highest BCUT2D eigenvalue weighted by molar-refractivity contribution is 7.99. The number of hydrogen-bond acceptors (Lipinski definition) is 3. The van der Waals surface area contributed by atoms with E-state index in [9.17, 15) is 0 Å². The number of thiophene rings is 1. The van der Waals surface area contributed by atoms with Crippen LogP contribution >= 0.6 is 34.7 Å². The van der Waals surface area contributed by atoms with Crippen molar-refractivity contribution in [1.82, 2.24) is 5.32 Å². The lowest BCUT2D eigenvalue weighted by atomic mass is 10.2. The minimum absolute atomic E-state index is 0.467. The normalized spacial score (nSPS) is 12.9.